The maximum absolute atomic E-state index is 13.6. The summed E-state index contributed by atoms with van der Waals surface area (Å²) in [7, 11) is 0. The monoisotopic (exact) mass is 305 g/mol. The number of aryl methyl sites for hydroxylation is 2. The van der Waals surface area contributed by atoms with Crippen molar-refractivity contribution in [2.24, 2.45) is 0 Å². The summed E-state index contributed by atoms with van der Waals surface area (Å²) in [5.41, 5.74) is 1.93. The van der Waals surface area contributed by atoms with E-state index in [1.165, 1.54) is 6.07 Å². The summed E-state index contributed by atoms with van der Waals surface area (Å²) >= 11 is 6.08. The van der Waals surface area contributed by atoms with Crippen LogP contribution in [0.4, 0.5) is 4.39 Å². The van der Waals surface area contributed by atoms with Crippen LogP contribution in [0.1, 0.15) is 16.7 Å². The van der Waals surface area contributed by atoms with Crippen LogP contribution < -0.4 is 9.47 Å². The van der Waals surface area contributed by atoms with E-state index in [9.17, 15) is 4.39 Å². The molecule has 3 nitrogen and oxygen atoms in total. The molecular weight excluding hydrogens is 293 g/mol. The van der Waals surface area contributed by atoms with Crippen molar-refractivity contribution in [1.82, 2.24) is 0 Å². The van der Waals surface area contributed by atoms with Crippen molar-refractivity contribution in [3.63, 3.8) is 0 Å². The Bertz CT molecular complexity index is 710. The zero-order valence-corrected chi connectivity index (χ0v) is 12.4. The minimum atomic E-state index is -0.330. The number of hydrogen-bond donors (Lipinski definition) is 0. The number of halogens is 2. The third-order valence-corrected chi connectivity index (χ3v) is 3.41. The lowest BCUT2D eigenvalue weighted by Crippen LogP contribution is -2.01. The molecule has 2 rings (SSSR count). The van der Waals surface area contributed by atoms with E-state index in [1.807, 2.05) is 6.92 Å². The van der Waals surface area contributed by atoms with E-state index in [1.54, 1.807) is 37.4 Å². The van der Waals surface area contributed by atoms with Crippen LogP contribution in [-0.2, 0) is 6.61 Å². The Balaban J connectivity index is 2.25. The topological polar surface area (TPSA) is 42.2 Å². The van der Waals surface area contributed by atoms with E-state index in [0.717, 1.165) is 5.56 Å². The van der Waals surface area contributed by atoms with Gasteiger partial charge in [0, 0.05) is 6.07 Å². The predicted molar refractivity (Wildman–Crippen MR) is 77.9 cm³/mol. The fourth-order valence-corrected chi connectivity index (χ4v) is 2.16. The van der Waals surface area contributed by atoms with Gasteiger partial charge in [0.25, 0.3) is 6.26 Å². The molecular formula is C16H13ClFNO2. The van der Waals surface area contributed by atoms with Gasteiger partial charge in [-0.2, -0.15) is 0 Å². The Labute approximate surface area is 127 Å². The summed E-state index contributed by atoms with van der Waals surface area (Å²) in [5, 5.41) is 9.05. The van der Waals surface area contributed by atoms with Crippen LogP contribution in [-0.4, -0.2) is 0 Å². The third kappa shape index (κ3) is 3.45. The molecule has 0 saturated carbocycles. The molecule has 0 fully saturated rings. The zero-order chi connectivity index (χ0) is 15.4. The number of nitrogens with zero attached hydrogens (tertiary/aromatic N) is 1. The number of nitriles is 1. The van der Waals surface area contributed by atoms with Crippen molar-refractivity contribution in [2.75, 3.05) is 0 Å². The molecule has 0 saturated heterocycles. The smallest absolute Gasteiger partial charge is 0.292 e. The Hall–Kier alpha value is -2.25. The van der Waals surface area contributed by atoms with E-state index in [0.29, 0.717) is 27.6 Å². The molecule has 0 bridgehead atoms. The lowest BCUT2D eigenvalue weighted by atomic mass is 10.1. The highest BCUT2D eigenvalue weighted by Crippen LogP contribution is 2.29. The number of hydrogen-bond acceptors (Lipinski definition) is 3. The highest BCUT2D eigenvalue weighted by atomic mass is 35.5. The molecule has 0 atom stereocenters. The van der Waals surface area contributed by atoms with Crippen molar-refractivity contribution in [1.29, 1.82) is 5.26 Å². The highest BCUT2D eigenvalue weighted by molar-refractivity contribution is 6.31. The molecule has 5 heteroatoms. The van der Waals surface area contributed by atoms with Gasteiger partial charge in [0.05, 0.1) is 10.6 Å². The number of rotatable bonds is 4. The van der Waals surface area contributed by atoms with Gasteiger partial charge in [-0.15, -0.1) is 5.26 Å². The SMILES string of the molecule is Cc1cc(C)c(OCc2c(Cl)cccc2OC#N)cc1F. The van der Waals surface area contributed by atoms with Crippen molar-refractivity contribution in [3.8, 4) is 17.8 Å². The summed E-state index contributed by atoms with van der Waals surface area (Å²) in [5.74, 6) is 0.430. The van der Waals surface area contributed by atoms with Crippen LogP contribution in [0.25, 0.3) is 0 Å². The van der Waals surface area contributed by atoms with Crippen LogP contribution in [0.3, 0.4) is 0 Å². The predicted octanol–water partition coefficient (Wildman–Crippen LogP) is 4.53. The molecule has 0 unspecified atom stereocenters. The van der Waals surface area contributed by atoms with E-state index >= 15 is 0 Å². The maximum atomic E-state index is 13.6. The Morgan fingerprint density at radius 1 is 1.19 bits per heavy atom. The fourth-order valence-electron chi connectivity index (χ4n) is 1.94. The minimum absolute atomic E-state index is 0.0834. The van der Waals surface area contributed by atoms with Crippen molar-refractivity contribution < 1.29 is 13.9 Å². The van der Waals surface area contributed by atoms with Gasteiger partial charge in [0.1, 0.15) is 23.9 Å². The molecule has 0 aliphatic carbocycles. The van der Waals surface area contributed by atoms with Crippen LogP contribution >= 0.6 is 11.6 Å². The second kappa shape index (κ2) is 6.47. The molecule has 0 amide bonds. The van der Waals surface area contributed by atoms with Gasteiger partial charge in [-0.1, -0.05) is 17.7 Å². The van der Waals surface area contributed by atoms with Crippen molar-refractivity contribution in [3.05, 3.63) is 57.9 Å². The van der Waals surface area contributed by atoms with E-state index in [2.05, 4.69) is 0 Å². The lowest BCUT2D eigenvalue weighted by Gasteiger charge is -2.13. The van der Waals surface area contributed by atoms with Crippen LogP contribution in [0.15, 0.2) is 30.3 Å². The largest absolute Gasteiger partial charge is 0.488 e. The highest BCUT2D eigenvalue weighted by Gasteiger charge is 2.11. The molecule has 2 aromatic carbocycles. The van der Waals surface area contributed by atoms with Gasteiger partial charge in [0.15, 0.2) is 0 Å². The first kappa shape index (κ1) is 15.1. The minimum Gasteiger partial charge on any atom is -0.488 e. The Morgan fingerprint density at radius 3 is 2.67 bits per heavy atom. The average molecular weight is 306 g/mol. The van der Waals surface area contributed by atoms with E-state index in [-0.39, 0.29) is 12.4 Å². The third-order valence-electron chi connectivity index (χ3n) is 3.06. The van der Waals surface area contributed by atoms with E-state index < -0.39 is 0 Å². The van der Waals surface area contributed by atoms with Gasteiger partial charge in [0.2, 0.25) is 0 Å². The summed E-state index contributed by atoms with van der Waals surface area (Å²) in [6.45, 7) is 3.61. The molecule has 0 spiro atoms. The maximum Gasteiger partial charge on any atom is 0.292 e. The molecule has 0 radical (unpaired) electrons. The summed E-state index contributed by atoms with van der Waals surface area (Å²) in [6, 6.07) is 8.02. The molecule has 0 heterocycles. The van der Waals surface area contributed by atoms with Gasteiger partial charge in [-0.05, 0) is 43.2 Å². The molecule has 0 aromatic heterocycles. The zero-order valence-electron chi connectivity index (χ0n) is 11.6. The second-order valence-corrected chi connectivity index (χ2v) is 4.97. The first-order valence-electron chi connectivity index (χ1n) is 6.25. The standard InChI is InChI=1S/C16H13ClFNO2/c1-10-6-11(2)16(7-14(10)18)20-8-12-13(17)4-3-5-15(12)21-9-19/h3-7H,8H2,1-2H3. The average Bonchev–Trinajstić information content (AvgIpc) is 2.44. The quantitative estimate of drug-likeness (QED) is 0.779. The summed E-state index contributed by atoms with van der Waals surface area (Å²) in [4.78, 5) is 0. The van der Waals surface area contributed by atoms with Crippen LogP contribution in [0.2, 0.25) is 5.02 Å². The van der Waals surface area contributed by atoms with Gasteiger partial charge in [-0.25, -0.2) is 4.39 Å². The lowest BCUT2D eigenvalue weighted by molar-refractivity contribution is 0.297. The Kier molecular flexibility index (Phi) is 4.66. The molecule has 21 heavy (non-hydrogen) atoms. The van der Waals surface area contributed by atoms with Gasteiger partial charge >= 0.3 is 0 Å². The first-order chi connectivity index (χ1) is 10.0. The molecule has 0 aliphatic rings. The first-order valence-corrected chi connectivity index (χ1v) is 6.63. The van der Waals surface area contributed by atoms with Crippen molar-refractivity contribution in [2.45, 2.75) is 20.5 Å². The van der Waals surface area contributed by atoms with Crippen LogP contribution in [0.5, 0.6) is 11.5 Å². The Morgan fingerprint density at radius 2 is 1.95 bits per heavy atom. The number of ether oxygens (including phenoxy) is 2. The fraction of sp³-hybridized carbons (Fsp3) is 0.188. The summed E-state index contributed by atoms with van der Waals surface area (Å²) < 4.78 is 24.0. The van der Waals surface area contributed by atoms with Crippen LogP contribution in [0, 0.1) is 31.2 Å². The second-order valence-electron chi connectivity index (χ2n) is 4.57. The van der Waals surface area contributed by atoms with Crippen molar-refractivity contribution >= 4 is 11.6 Å². The normalized spacial score (nSPS) is 10.0. The molecule has 108 valence electrons. The molecule has 0 aliphatic heterocycles. The summed E-state index contributed by atoms with van der Waals surface area (Å²) in [6.07, 6.45) is 1.60. The van der Waals surface area contributed by atoms with Gasteiger partial charge in [-0.3, -0.25) is 0 Å². The molecule has 0 N–H and O–H groups in total. The van der Waals surface area contributed by atoms with E-state index in [4.69, 9.17) is 26.3 Å². The number of benzene rings is 2. The molecule has 2 aromatic rings. The van der Waals surface area contributed by atoms with Gasteiger partial charge < -0.3 is 9.47 Å².